The highest BCUT2D eigenvalue weighted by atomic mass is 127. The molecule has 0 aromatic heterocycles. The fourth-order valence-corrected chi connectivity index (χ4v) is 2.90. The van der Waals surface area contributed by atoms with Gasteiger partial charge in [0.25, 0.3) is 0 Å². The lowest BCUT2D eigenvalue weighted by molar-refractivity contribution is 0.104. The maximum atomic E-state index is 12.4. The van der Waals surface area contributed by atoms with Gasteiger partial charge in [0.2, 0.25) is 0 Å². The molecule has 5 nitrogen and oxygen atoms in total. The lowest BCUT2D eigenvalue weighted by Crippen LogP contribution is -2.00. The van der Waals surface area contributed by atoms with Gasteiger partial charge in [-0.15, -0.1) is 0 Å². The number of hydrogen-bond donors (Lipinski definition) is 1. The summed E-state index contributed by atoms with van der Waals surface area (Å²) in [7, 11) is 4.51. The van der Waals surface area contributed by atoms with Gasteiger partial charge < -0.3 is 19.3 Å². The van der Waals surface area contributed by atoms with Crippen LogP contribution in [-0.4, -0.2) is 32.2 Å². The number of phenolic OH excluding ortho intramolecular Hbond substituents is 1. The predicted octanol–water partition coefficient (Wildman–Crippen LogP) is 3.92. The number of methoxy groups -OCH3 is 3. The summed E-state index contributed by atoms with van der Waals surface area (Å²) in [6.07, 6.45) is 3.06. The van der Waals surface area contributed by atoms with Crippen molar-refractivity contribution in [2.24, 2.45) is 0 Å². The summed E-state index contributed by atoms with van der Waals surface area (Å²) in [6, 6.07) is 8.50. The maximum absolute atomic E-state index is 12.4. The number of allylic oxidation sites excluding steroid dienone is 1. The SMILES string of the molecule is COc1cc(O)c(C(=O)C=Cc2ccc(OC)c(I)c2)c(OC)c1. The first kappa shape index (κ1) is 18.1. The van der Waals surface area contributed by atoms with Crippen LogP contribution in [-0.2, 0) is 0 Å². The molecule has 1 N–H and O–H groups in total. The molecule has 0 aliphatic heterocycles. The Balaban J connectivity index is 2.31. The molecule has 0 heterocycles. The molecule has 0 fully saturated rings. The van der Waals surface area contributed by atoms with E-state index in [1.54, 1.807) is 19.3 Å². The van der Waals surface area contributed by atoms with E-state index in [1.807, 2.05) is 18.2 Å². The van der Waals surface area contributed by atoms with Gasteiger partial charge in [-0.05, 0) is 46.4 Å². The summed E-state index contributed by atoms with van der Waals surface area (Å²) in [5.74, 6) is 0.886. The van der Waals surface area contributed by atoms with Crippen LogP contribution in [0.3, 0.4) is 0 Å². The third-order valence-corrected chi connectivity index (χ3v) is 4.20. The van der Waals surface area contributed by atoms with Gasteiger partial charge in [-0.25, -0.2) is 0 Å². The zero-order chi connectivity index (χ0) is 17.7. The first-order valence-electron chi connectivity index (χ1n) is 7.01. The van der Waals surface area contributed by atoms with Crippen LogP contribution in [0.5, 0.6) is 23.0 Å². The van der Waals surface area contributed by atoms with E-state index in [9.17, 15) is 9.90 Å². The van der Waals surface area contributed by atoms with Crippen LogP contribution in [0, 0.1) is 3.57 Å². The summed E-state index contributed by atoms with van der Waals surface area (Å²) in [5, 5.41) is 10.1. The summed E-state index contributed by atoms with van der Waals surface area (Å²) in [5.41, 5.74) is 0.943. The second kappa shape index (κ2) is 8.05. The number of halogens is 1. The molecule has 0 saturated heterocycles. The molecule has 24 heavy (non-hydrogen) atoms. The van der Waals surface area contributed by atoms with Gasteiger partial charge in [0, 0.05) is 12.1 Å². The molecule has 0 amide bonds. The molecule has 0 saturated carbocycles. The van der Waals surface area contributed by atoms with Gasteiger partial charge in [-0.1, -0.05) is 12.1 Å². The Morgan fingerprint density at radius 2 is 1.75 bits per heavy atom. The summed E-state index contributed by atoms with van der Waals surface area (Å²) >= 11 is 2.16. The monoisotopic (exact) mass is 440 g/mol. The number of benzene rings is 2. The molecule has 2 aromatic rings. The van der Waals surface area contributed by atoms with Crippen molar-refractivity contribution in [1.82, 2.24) is 0 Å². The summed E-state index contributed by atoms with van der Waals surface area (Å²) in [6.45, 7) is 0. The molecular weight excluding hydrogens is 423 g/mol. The highest BCUT2D eigenvalue weighted by Gasteiger charge is 2.17. The Morgan fingerprint density at radius 3 is 2.33 bits per heavy atom. The standard InChI is InChI=1S/C18H17IO5/c1-22-12-9-15(21)18(17(10-12)24-3)14(20)6-4-11-5-7-16(23-2)13(19)8-11/h4-10,21H,1-3H3. The van der Waals surface area contributed by atoms with E-state index in [-0.39, 0.29) is 22.8 Å². The Kier molecular flexibility index (Phi) is 6.08. The Labute approximate surface area is 154 Å². The molecule has 0 bridgehead atoms. The molecule has 0 radical (unpaired) electrons. The van der Waals surface area contributed by atoms with Crippen LogP contribution < -0.4 is 14.2 Å². The van der Waals surface area contributed by atoms with Crippen LogP contribution in [0.4, 0.5) is 0 Å². The first-order chi connectivity index (χ1) is 11.5. The van der Waals surface area contributed by atoms with E-state index < -0.39 is 0 Å². The number of aromatic hydroxyl groups is 1. The molecule has 0 spiro atoms. The Morgan fingerprint density at radius 1 is 1.04 bits per heavy atom. The number of hydrogen-bond acceptors (Lipinski definition) is 5. The smallest absolute Gasteiger partial charge is 0.193 e. The first-order valence-corrected chi connectivity index (χ1v) is 8.09. The van der Waals surface area contributed by atoms with Crippen molar-refractivity contribution in [2.75, 3.05) is 21.3 Å². The van der Waals surface area contributed by atoms with Gasteiger partial charge >= 0.3 is 0 Å². The number of rotatable bonds is 6. The molecule has 0 unspecified atom stereocenters. The second-order valence-corrected chi connectivity index (χ2v) is 5.98. The number of phenols is 1. The van der Waals surface area contributed by atoms with Crippen LogP contribution in [0.2, 0.25) is 0 Å². The molecular formula is C18H17IO5. The highest BCUT2D eigenvalue weighted by molar-refractivity contribution is 14.1. The molecule has 2 aromatic carbocycles. The van der Waals surface area contributed by atoms with Crippen molar-refractivity contribution < 1.29 is 24.1 Å². The predicted molar refractivity (Wildman–Crippen MR) is 100 cm³/mol. The zero-order valence-corrected chi connectivity index (χ0v) is 15.7. The Bertz CT molecular complexity index is 783. The minimum atomic E-state index is -0.363. The van der Waals surface area contributed by atoms with Gasteiger partial charge in [-0.2, -0.15) is 0 Å². The van der Waals surface area contributed by atoms with Gasteiger partial charge in [0.15, 0.2) is 5.78 Å². The van der Waals surface area contributed by atoms with Crippen LogP contribution in [0.15, 0.2) is 36.4 Å². The summed E-state index contributed by atoms with van der Waals surface area (Å²) < 4.78 is 16.4. The highest BCUT2D eigenvalue weighted by Crippen LogP contribution is 2.34. The molecule has 0 aliphatic rings. The van der Waals surface area contributed by atoms with Crippen LogP contribution >= 0.6 is 22.6 Å². The van der Waals surface area contributed by atoms with E-state index >= 15 is 0 Å². The fraction of sp³-hybridized carbons (Fsp3) is 0.167. The molecule has 6 heteroatoms. The maximum Gasteiger partial charge on any atom is 0.193 e. The number of ether oxygens (including phenoxy) is 3. The Hall–Kier alpha value is -2.22. The van der Waals surface area contributed by atoms with Crippen molar-refractivity contribution in [3.05, 3.63) is 51.1 Å². The third-order valence-electron chi connectivity index (χ3n) is 3.36. The minimum Gasteiger partial charge on any atom is -0.507 e. The fourth-order valence-electron chi connectivity index (χ4n) is 2.14. The normalized spacial score (nSPS) is 10.7. The quantitative estimate of drug-likeness (QED) is 0.419. The number of ketones is 1. The van der Waals surface area contributed by atoms with Crippen molar-refractivity contribution in [2.45, 2.75) is 0 Å². The minimum absolute atomic E-state index is 0.0951. The van der Waals surface area contributed by atoms with Crippen LogP contribution in [0.25, 0.3) is 6.08 Å². The number of carbonyl (C=O) groups excluding carboxylic acids is 1. The molecule has 0 aliphatic carbocycles. The van der Waals surface area contributed by atoms with Crippen molar-refractivity contribution in [3.8, 4) is 23.0 Å². The average Bonchev–Trinajstić information content (AvgIpc) is 2.58. The molecule has 0 atom stereocenters. The van der Waals surface area contributed by atoms with Crippen LogP contribution in [0.1, 0.15) is 15.9 Å². The van der Waals surface area contributed by atoms with Gasteiger partial charge in [0.05, 0.1) is 24.9 Å². The van der Waals surface area contributed by atoms with Crippen molar-refractivity contribution in [1.29, 1.82) is 0 Å². The zero-order valence-electron chi connectivity index (χ0n) is 13.5. The second-order valence-electron chi connectivity index (χ2n) is 4.82. The van der Waals surface area contributed by atoms with E-state index in [0.29, 0.717) is 5.75 Å². The van der Waals surface area contributed by atoms with E-state index in [0.717, 1.165) is 14.9 Å². The lowest BCUT2D eigenvalue weighted by Gasteiger charge is -2.10. The van der Waals surface area contributed by atoms with E-state index in [4.69, 9.17) is 14.2 Å². The molecule has 2 rings (SSSR count). The lowest BCUT2D eigenvalue weighted by atomic mass is 10.1. The summed E-state index contributed by atoms with van der Waals surface area (Å²) in [4.78, 5) is 12.4. The third kappa shape index (κ3) is 4.00. The van der Waals surface area contributed by atoms with E-state index in [2.05, 4.69) is 22.6 Å². The largest absolute Gasteiger partial charge is 0.507 e. The van der Waals surface area contributed by atoms with E-state index in [1.165, 1.54) is 26.4 Å². The molecule has 126 valence electrons. The van der Waals surface area contributed by atoms with Gasteiger partial charge in [-0.3, -0.25) is 4.79 Å². The van der Waals surface area contributed by atoms with Crippen molar-refractivity contribution >= 4 is 34.5 Å². The van der Waals surface area contributed by atoms with Gasteiger partial charge in [0.1, 0.15) is 28.6 Å². The topological polar surface area (TPSA) is 65.0 Å². The average molecular weight is 440 g/mol. The van der Waals surface area contributed by atoms with Crippen molar-refractivity contribution in [3.63, 3.8) is 0 Å². The number of carbonyl (C=O) groups is 1.